The molecule has 0 aromatic rings. The maximum Gasteiger partial charge on any atom is 0.191 e. The van der Waals surface area contributed by atoms with Crippen molar-refractivity contribution >= 4 is 16.8 Å². The Bertz CT molecular complexity index is 446. The molecule has 2 rings (SSSR count). The Labute approximate surface area is 150 Å². The second kappa shape index (κ2) is 8.65. The molecule has 2 fully saturated rings. The van der Waals surface area contributed by atoms with Crippen molar-refractivity contribution < 1.29 is 4.21 Å². The highest BCUT2D eigenvalue weighted by atomic mass is 32.2. The second-order valence-corrected chi connectivity index (χ2v) is 10.5. The van der Waals surface area contributed by atoms with Crippen LogP contribution in [0.3, 0.4) is 0 Å². The number of rotatable bonds is 5. The summed E-state index contributed by atoms with van der Waals surface area (Å²) in [5, 5.41) is 6.98. The molecule has 24 heavy (non-hydrogen) atoms. The Morgan fingerprint density at radius 3 is 2.42 bits per heavy atom. The molecule has 0 amide bonds. The summed E-state index contributed by atoms with van der Waals surface area (Å²) in [6, 6.07) is 1.93. The van der Waals surface area contributed by atoms with Gasteiger partial charge in [-0.3, -0.25) is 9.20 Å². The summed E-state index contributed by atoms with van der Waals surface area (Å²) in [7, 11) is 1.44. The van der Waals surface area contributed by atoms with Crippen LogP contribution in [0.1, 0.15) is 59.8 Å². The van der Waals surface area contributed by atoms with Gasteiger partial charge in [-0.25, -0.2) is 0 Å². The zero-order valence-electron chi connectivity index (χ0n) is 16.1. The Balaban J connectivity index is 1.88. The van der Waals surface area contributed by atoms with Gasteiger partial charge in [0.25, 0.3) is 0 Å². The molecule has 0 aliphatic carbocycles. The third-order valence-corrected chi connectivity index (χ3v) is 7.17. The standard InChI is InChI=1S/C18H36N4OS/c1-6-19-17(20-10-11-24(23)18(2,3)4)21-14-12-15-8-7-9-16(13-14)22(15)5/h14-16H,6-13H2,1-5H3,(H2,19,20,21). The van der Waals surface area contributed by atoms with Gasteiger partial charge in [-0.2, -0.15) is 0 Å². The molecule has 6 heteroatoms. The first kappa shape index (κ1) is 19.7. The normalized spacial score (nSPS) is 30.0. The molecule has 0 aromatic carbocycles. The van der Waals surface area contributed by atoms with Crippen LogP contribution in [0.5, 0.6) is 0 Å². The predicted molar refractivity (Wildman–Crippen MR) is 104 cm³/mol. The average Bonchev–Trinajstić information content (AvgIpc) is 2.47. The van der Waals surface area contributed by atoms with Gasteiger partial charge in [0.2, 0.25) is 0 Å². The van der Waals surface area contributed by atoms with E-state index < -0.39 is 10.8 Å². The van der Waals surface area contributed by atoms with Crippen molar-refractivity contribution in [1.82, 2.24) is 15.5 Å². The van der Waals surface area contributed by atoms with Crippen LogP contribution in [0.4, 0.5) is 0 Å². The van der Waals surface area contributed by atoms with E-state index in [2.05, 4.69) is 34.5 Å². The first-order valence-corrected chi connectivity index (χ1v) is 10.8. The summed E-state index contributed by atoms with van der Waals surface area (Å²) in [5.41, 5.74) is 0. The summed E-state index contributed by atoms with van der Waals surface area (Å²) in [5.74, 6) is 1.51. The topological polar surface area (TPSA) is 56.7 Å². The minimum Gasteiger partial charge on any atom is -0.357 e. The van der Waals surface area contributed by atoms with Gasteiger partial charge in [-0.15, -0.1) is 0 Å². The molecule has 3 unspecified atom stereocenters. The van der Waals surface area contributed by atoms with Crippen molar-refractivity contribution in [2.45, 2.75) is 82.7 Å². The SMILES string of the molecule is CCNC(=NCCS(=O)C(C)(C)C)NC1CC2CCCC(C1)N2C. The Morgan fingerprint density at radius 2 is 1.88 bits per heavy atom. The van der Waals surface area contributed by atoms with Crippen LogP contribution in [0.2, 0.25) is 0 Å². The Hall–Kier alpha value is -0.620. The summed E-state index contributed by atoms with van der Waals surface area (Å²) >= 11 is 0. The van der Waals surface area contributed by atoms with Crippen LogP contribution in [0.15, 0.2) is 4.99 Å². The van der Waals surface area contributed by atoms with Crippen LogP contribution in [-0.4, -0.2) is 63.8 Å². The van der Waals surface area contributed by atoms with Crippen molar-refractivity contribution in [1.29, 1.82) is 0 Å². The first-order chi connectivity index (χ1) is 11.3. The van der Waals surface area contributed by atoms with E-state index in [0.29, 0.717) is 30.4 Å². The maximum atomic E-state index is 12.2. The van der Waals surface area contributed by atoms with Gasteiger partial charge in [0, 0.05) is 46.0 Å². The van der Waals surface area contributed by atoms with E-state index >= 15 is 0 Å². The lowest BCUT2D eigenvalue weighted by molar-refractivity contribution is 0.0526. The summed E-state index contributed by atoms with van der Waals surface area (Å²) in [4.78, 5) is 7.24. The number of guanidine groups is 1. The fourth-order valence-electron chi connectivity index (χ4n) is 3.79. The van der Waals surface area contributed by atoms with E-state index in [1.54, 1.807) is 0 Å². The molecule has 3 atom stereocenters. The Kier molecular flexibility index (Phi) is 7.10. The maximum absolute atomic E-state index is 12.2. The summed E-state index contributed by atoms with van der Waals surface area (Å²) in [6.07, 6.45) is 6.42. The minimum absolute atomic E-state index is 0.160. The fraction of sp³-hybridized carbons (Fsp3) is 0.944. The quantitative estimate of drug-likeness (QED) is 0.585. The Morgan fingerprint density at radius 1 is 1.25 bits per heavy atom. The van der Waals surface area contributed by atoms with Gasteiger partial charge in [-0.1, -0.05) is 6.42 Å². The molecular weight excluding hydrogens is 320 g/mol. The molecule has 0 radical (unpaired) electrons. The lowest BCUT2D eigenvalue weighted by Crippen LogP contribution is -2.56. The smallest absolute Gasteiger partial charge is 0.191 e. The third kappa shape index (κ3) is 5.45. The average molecular weight is 357 g/mol. The van der Waals surface area contributed by atoms with Crippen molar-refractivity contribution in [3.8, 4) is 0 Å². The lowest BCUT2D eigenvalue weighted by atomic mass is 9.82. The summed E-state index contributed by atoms with van der Waals surface area (Å²) < 4.78 is 12.0. The van der Waals surface area contributed by atoms with Gasteiger partial charge in [0.1, 0.15) is 0 Å². The monoisotopic (exact) mass is 356 g/mol. The number of hydrogen-bond acceptors (Lipinski definition) is 3. The van der Waals surface area contributed by atoms with Gasteiger partial charge in [0.15, 0.2) is 5.96 Å². The third-order valence-electron chi connectivity index (χ3n) is 5.25. The number of nitrogens with one attached hydrogen (secondary N) is 2. The lowest BCUT2D eigenvalue weighted by Gasteiger charge is -2.47. The van der Waals surface area contributed by atoms with Crippen molar-refractivity contribution in [2.24, 2.45) is 4.99 Å². The molecule has 2 bridgehead atoms. The van der Waals surface area contributed by atoms with Crippen LogP contribution in [0.25, 0.3) is 0 Å². The van der Waals surface area contributed by atoms with Gasteiger partial charge >= 0.3 is 0 Å². The molecular formula is C18H36N4OS. The van der Waals surface area contributed by atoms with E-state index in [1.165, 1.54) is 32.1 Å². The summed E-state index contributed by atoms with van der Waals surface area (Å²) in [6.45, 7) is 9.62. The van der Waals surface area contributed by atoms with Crippen molar-refractivity contribution in [3.63, 3.8) is 0 Å². The number of piperidine rings is 2. The largest absolute Gasteiger partial charge is 0.357 e. The minimum atomic E-state index is -0.842. The molecule has 5 nitrogen and oxygen atoms in total. The predicted octanol–water partition coefficient (Wildman–Crippen LogP) is 2.10. The highest BCUT2D eigenvalue weighted by Gasteiger charge is 2.36. The van der Waals surface area contributed by atoms with Crippen LogP contribution in [-0.2, 0) is 10.8 Å². The molecule has 2 aliphatic rings. The number of hydrogen-bond donors (Lipinski definition) is 2. The van der Waals surface area contributed by atoms with E-state index in [-0.39, 0.29) is 4.75 Å². The molecule has 0 spiro atoms. The molecule has 2 N–H and O–H groups in total. The highest BCUT2D eigenvalue weighted by molar-refractivity contribution is 7.86. The fourth-order valence-corrected chi connectivity index (χ4v) is 4.66. The van der Waals surface area contributed by atoms with E-state index in [9.17, 15) is 4.21 Å². The van der Waals surface area contributed by atoms with E-state index in [1.807, 2.05) is 20.8 Å². The second-order valence-electron chi connectivity index (χ2n) is 8.14. The van der Waals surface area contributed by atoms with Gasteiger partial charge < -0.3 is 15.5 Å². The number of nitrogens with zero attached hydrogens (tertiary/aromatic N) is 2. The zero-order valence-corrected chi connectivity index (χ0v) is 16.9. The van der Waals surface area contributed by atoms with Crippen LogP contribution < -0.4 is 10.6 Å². The molecule has 0 aromatic heterocycles. The number of aliphatic imine (C=N–C) groups is 1. The molecule has 2 heterocycles. The number of fused-ring (bicyclic) bond motifs is 2. The molecule has 2 saturated heterocycles. The van der Waals surface area contributed by atoms with Crippen LogP contribution in [0, 0.1) is 0 Å². The van der Waals surface area contributed by atoms with Crippen molar-refractivity contribution in [3.05, 3.63) is 0 Å². The van der Waals surface area contributed by atoms with Crippen LogP contribution >= 0.6 is 0 Å². The van der Waals surface area contributed by atoms with Gasteiger partial charge in [-0.05, 0) is 60.4 Å². The zero-order chi connectivity index (χ0) is 17.7. The molecule has 2 aliphatic heterocycles. The van der Waals surface area contributed by atoms with E-state index in [4.69, 9.17) is 0 Å². The first-order valence-electron chi connectivity index (χ1n) is 9.46. The van der Waals surface area contributed by atoms with Gasteiger partial charge in [0.05, 0.1) is 6.54 Å². The molecule has 140 valence electrons. The highest BCUT2D eigenvalue weighted by Crippen LogP contribution is 2.32. The molecule has 0 saturated carbocycles. The van der Waals surface area contributed by atoms with Crippen molar-refractivity contribution in [2.75, 3.05) is 25.9 Å². The van der Waals surface area contributed by atoms with E-state index in [0.717, 1.165) is 12.5 Å².